The maximum absolute atomic E-state index is 12.2. The summed E-state index contributed by atoms with van der Waals surface area (Å²) in [6.45, 7) is 5.11. The number of nitrogens with zero attached hydrogens (tertiary/aromatic N) is 2. The van der Waals surface area contributed by atoms with Crippen molar-refractivity contribution >= 4 is 21.1 Å². The van der Waals surface area contributed by atoms with Crippen LogP contribution < -0.4 is 4.72 Å². The summed E-state index contributed by atoms with van der Waals surface area (Å²) < 4.78 is 29.2. The van der Waals surface area contributed by atoms with E-state index in [1.54, 1.807) is 0 Å². The molecule has 3 aromatic rings. The van der Waals surface area contributed by atoms with E-state index in [2.05, 4.69) is 14.3 Å². The summed E-state index contributed by atoms with van der Waals surface area (Å²) in [5.41, 5.74) is 3.98. The van der Waals surface area contributed by atoms with Gasteiger partial charge >= 0.3 is 0 Å². The Morgan fingerprint density at radius 3 is 2.52 bits per heavy atom. The van der Waals surface area contributed by atoms with Crippen molar-refractivity contribution < 1.29 is 8.42 Å². The minimum atomic E-state index is -3.32. The lowest BCUT2D eigenvalue weighted by Crippen LogP contribution is -2.27. The molecule has 0 bridgehead atoms. The Morgan fingerprint density at radius 1 is 1.04 bits per heavy atom. The van der Waals surface area contributed by atoms with Crippen molar-refractivity contribution in [1.82, 2.24) is 14.3 Å². The Labute approximate surface area is 148 Å². The highest BCUT2D eigenvalue weighted by Crippen LogP contribution is 2.15. The van der Waals surface area contributed by atoms with E-state index in [4.69, 9.17) is 0 Å². The summed E-state index contributed by atoms with van der Waals surface area (Å²) in [7, 11) is -3.32. The SMILES string of the molecule is Cc1ccc(CS(=O)(=O)NCCCn2c(C)nc3ccccc32)cc1. The minimum Gasteiger partial charge on any atom is -0.328 e. The van der Waals surface area contributed by atoms with E-state index in [1.807, 2.05) is 62.4 Å². The van der Waals surface area contributed by atoms with Gasteiger partial charge in [-0.05, 0) is 38.0 Å². The third-order valence-corrected chi connectivity index (χ3v) is 5.56. The van der Waals surface area contributed by atoms with Crippen LogP contribution in [0.5, 0.6) is 0 Å². The van der Waals surface area contributed by atoms with Gasteiger partial charge in [0.25, 0.3) is 0 Å². The van der Waals surface area contributed by atoms with Gasteiger partial charge in [-0.2, -0.15) is 0 Å². The Balaban J connectivity index is 1.55. The lowest BCUT2D eigenvalue weighted by atomic mass is 10.2. The van der Waals surface area contributed by atoms with E-state index < -0.39 is 10.0 Å². The summed E-state index contributed by atoms with van der Waals surface area (Å²) in [6, 6.07) is 15.6. The van der Waals surface area contributed by atoms with Crippen molar-refractivity contribution in [3.05, 3.63) is 65.5 Å². The zero-order valence-electron chi connectivity index (χ0n) is 14.6. The van der Waals surface area contributed by atoms with E-state index in [0.717, 1.165) is 34.5 Å². The quantitative estimate of drug-likeness (QED) is 0.661. The first kappa shape index (κ1) is 17.6. The highest BCUT2D eigenvalue weighted by molar-refractivity contribution is 7.88. The van der Waals surface area contributed by atoms with Gasteiger partial charge in [0.2, 0.25) is 10.0 Å². The van der Waals surface area contributed by atoms with Crippen LogP contribution in [0.15, 0.2) is 48.5 Å². The number of benzene rings is 2. The van der Waals surface area contributed by atoms with Crippen LogP contribution in [0.4, 0.5) is 0 Å². The average Bonchev–Trinajstić information content (AvgIpc) is 2.89. The molecule has 0 saturated heterocycles. The zero-order valence-corrected chi connectivity index (χ0v) is 15.4. The molecule has 0 fully saturated rings. The number of para-hydroxylation sites is 2. The summed E-state index contributed by atoms with van der Waals surface area (Å²) >= 11 is 0. The van der Waals surface area contributed by atoms with Crippen LogP contribution in [0.3, 0.4) is 0 Å². The Hall–Kier alpha value is -2.18. The van der Waals surface area contributed by atoms with E-state index in [-0.39, 0.29) is 5.75 Å². The van der Waals surface area contributed by atoms with Gasteiger partial charge in [-0.3, -0.25) is 0 Å². The van der Waals surface area contributed by atoms with Gasteiger partial charge in [-0.15, -0.1) is 0 Å². The predicted octanol–water partition coefficient (Wildman–Crippen LogP) is 3.16. The maximum atomic E-state index is 12.2. The summed E-state index contributed by atoms with van der Waals surface area (Å²) in [4.78, 5) is 4.53. The van der Waals surface area contributed by atoms with E-state index in [0.29, 0.717) is 13.0 Å². The summed E-state index contributed by atoms with van der Waals surface area (Å²) in [5, 5.41) is 0. The molecular formula is C19H23N3O2S. The summed E-state index contributed by atoms with van der Waals surface area (Å²) in [5.74, 6) is 0.962. The molecule has 0 aliphatic carbocycles. The molecule has 5 nitrogen and oxygen atoms in total. The molecule has 0 radical (unpaired) electrons. The van der Waals surface area contributed by atoms with Crippen LogP contribution >= 0.6 is 0 Å². The van der Waals surface area contributed by atoms with Gasteiger partial charge < -0.3 is 4.57 Å². The molecule has 0 spiro atoms. The van der Waals surface area contributed by atoms with Crippen LogP contribution in [-0.4, -0.2) is 24.5 Å². The van der Waals surface area contributed by atoms with Gasteiger partial charge in [0.05, 0.1) is 16.8 Å². The Bertz CT molecular complexity index is 960. The molecule has 0 saturated carbocycles. The molecule has 0 amide bonds. The highest BCUT2D eigenvalue weighted by Gasteiger charge is 2.11. The van der Waals surface area contributed by atoms with Crippen molar-refractivity contribution in [1.29, 1.82) is 0 Å². The number of aromatic nitrogens is 2. The number of sulfonamides is 1. The van der Waals surface area contributed by atoms with Crippen LogP contribution in [-0.2, 0) is 22.3 Å². The monoisotopic (exact) mass is 357 g/mol. The van der Waals surface area contributed by atoms with Crippen molar-refractivity contribution in [2.75, 3.05) is 6.54 Å². The standard InChI is InChI=1S/C19H23N3O2S/c1-15-8-10-17(11-9-15)14-25(23,24)20-12-5-13-22-16(2)21-18-6-3-4-7-19(18)22/h3-4,6-11,20H,5,12-14H2,1-2H3. The van der Waals surface area contributed by atoms with Gasteiger partial charge in [-0.1, -0.05) is 42.0 Å². The summed E-state index contributed by atoms with van der Waals surface area (Å²) in [6.07, 6.45) is 0.717. The van der Waals surface area contributed by atoms with Gasteiger partial charge in [0.15, 0.2) is 0 Å². The molecule has 0 atom stereocenters. The molecule has 1 N–H and O–H groups in total. The van der Waals surface area contributed by atoms with Gasteiger partial charge in [-0.25, -0.2) is 18.1 Å². The van der Waals surface area contributed by atoms with Gasteiger partial charge in [0, 0.05) is 13.1 Å². The smallest absolute Gasteiger partial charge is 0.215 e. The molecule has 1 aromatic heterocycles. The number of hydrogen-bond donors (Lipinski definition) is 1. The molecule has 1 heterocycles. The fourth-order valence-corrected chi connectivity index (χ4v) is 4.09. The van der Waals surface area contributed by atoms with Crippen molar-refractivity contribution in [3.63, 3.8) is 0 Å². The second kappa shape index (κ2) is 7.37. The number of aryl methyl sites for hydroxylation is 3. The van der Waals surface area contributed by atoms with Crippen LogP contribution in [0.1, 0.15) is 23.4 Å². The Kier molecular flexibility index (Phi) is 5.20. The van der Waals surface area contributed by atoms with Gasteiger partial charge in [0.1, 0.15) is 5.82 Å². The van der Waals surface area contributed by atoms with Crippen molar-refractivity contribution in [2.45, 2.75) is 32.6 Å². The zero-order chi connectivity index (χ0) is 17.9. The molecule has 6 heteroatoms. The van der Waals surface area contributed by atoms with E-state index in [9.17, 15) is 8.42 Å². The highest BCUT2D eigenvalue weighted by atomic mass is 32.2. The van der Waals surface area contributed by atoms with Crippen LogP contribution in [0.25, 0.3) is 11.0 Å². The number of fused-ring (bicyclic) bond motifs is 1. The fraction of sp³-hybridized carbons (Fsp3) is 0.316. The Morgan fingerprint density at radius 2 is 1.76 bits per heavy atom. The maximum Gasteiger partial charge on any atom is 0.215 e. The molecule has 0 unspecified atom stereocenters. The fourth-order valence-electron chi connectivity index (χ4n) is 2.90. The number of nitrogens with one attached hydrogen (secondary N) is 1. The molecule has 0 aliphatic rings. The van der Waals surface area contributed by atoms with Crippen molar-refractivity contribution in [2.24, 2.45) is 0 Å². The second-order valence-corrected chi connectivity index (χ2v) is 8.10. The largest absolute Gasteiger partial charge is 0.328 e. The molecular weight excluding hydrogens is 334 g/mol. The normalized spacial score (nSPS) is 11.9. The first-order valence-corrected chi connectivity index (χ1v) is 10.0. The van der Waals surface area contributed by atoms with Crippen LogP contribution in [0.2, 0.25) is 0 Å². The molecule has 25 heavy (non-hydrogen) atoms. The third kappa shape index (κ3) is 4.46. The molecule has 3 rings (SSSR count). The van der Waals surface area contributed by atoms with Crippen LogP contribution in [0, 0.1) is 13.8 Å². The first-order chi connectivity index (χ1) is 11.9. The number of hydrogen-bond acceptors (Lipinski definition) is 3. The lowest BCUT2D eigenvalue weighted by molar-refractivity contribution is 0.569. The second-order valence-electron chi connectivity index (χ2n) is 6.29. The lowest BCUT2D eigenvalue weighted by Gasteiger charge is -2.09. The number of imidazole rings is 1. The van der Waals surface area contributed by atoms with Crippen molar-refractivity contribution in [3.8, 4) is 0 Å². The first-order valence-electron chi connectivity index (χ1n) is 8.39. The number of rotatable bonds is 7. The van der Waals surface area contributed by atoms with E-state index in [1.165, 1.54) is 0 Å². The minimum absolute atomic E-state index is 0.0142. The average molecular weight is 357 g/mol. The third-order valence-electron chi connectivity index (χ3n) is 4.20. The molecule has 2 aromatic carbocycles. The topological polar surface area (TPSA) is 64.0 Å². The van der Waals surface area contributed by atoms with E-state index >= 15 is 0 Å². The molecule has 132 valence electrons. The molecule has 0 aliphatic heterocycles. The predicted molar refractivity (Wildman–Crippen MR) is 101 cm³/mol.